The van der Waals surface area contributed by atoms with Gasteiger partial charge in [0.15, 0.2) is 0 Å². The van der Waals surface area contributed by atoms with E-state index in [-0.39, 0.29) is 11.8 Å². The number of amides is 1. The van der Waals surface area contributed by atoms with Crippen LogP contribution in [0.1, 0.15) is 83.6 Å². The van der Waals surface area contributed by atoms with Gasteiger partial charge < -0.3 is 25.2 Å². The average molecular weight is 503 g/mol. The van der Waals surface area contributed by atoms with Crippen LogP contribution in [-0.2, 0) is 10.4 Å². The third-order valence-corrected chi connectivity index (χ3v) is 8.74. The van der Waals surface area contributed by atoms with E-state index in [1.165, 1.54) is 0 Å². The van der Waals surface area contributed by atoms with Crippen LogP contribution in [0.4, 0.5) is 4.79 Å². The van der Waals surface area contributed by atoms with Gasteiger partial charge in [-0.1, -0.05) is 64.5 Å². The van der Waals surface area contributed by atoms with Crippen molar-refractivity contribution < 1.29 is 24.5 Å². The van der Waals surface area contributed by atoms with Crippen molar-refractivity contribution in [2.24, 2.45) is 23.2 Å². The van der Waals surface area contributed by atoms with Crippen LogP contribution in [-0.4, -0.2) is 54.4 Å². The highest BCUT2D eigenvalue weighted by Crippen LogP contribution is 2.46. The first-order chi connectivity index (χ1) is 17.1. The molecular formula is C29H46N2O5. The minimum Gasteiger partial charge on any atom is -0.481 e. The molecule has 0 bridgehead atoms. The summed E-state index contributed by atoms with van der Waals surface area (Å²) in [6, 6.07) is 7.25. The summed E-state index contributed by atoms with van der Waals surface area (Å²) in [5, 5.41) is 24.6. The summed E-state index contributed by atoms with van der Waals surface area (Å²) in [7, 11) is 4.04. The summed E-state index contributed by atoms with van der Waals surface area (Å²) in [4.78, 5) is 27.2. The van der Waals surface area contributed by atoms with E-state index in [1.54, 1.807) is 12.1 Å². The van der Waals surface area contributed by atoms with Crippen molar-refractivity contribution >= 4 is 12.1 Å². The average Bonchev–Trinajstić information content (AvgIpc) is 2.84. The van der Waals surface area contributed by atoms with Crippen LogP contribution in [0.2, 0.25) is 0 Å². The van der Waals surface area contributed by atoms with Gasteiger partial charge in [0.2, 0.25) is 0 Å². The van der Waals surface area contributed by atoms with Crippen LogP contribution >= 0.6 is 0 Å². The van der Waals surface area contributed by atoms with Crippen LogP contribution in [0, 0.1) is 23.2 Å². The lowest BCUT2D eigenvalue weighted by atomic mass is 9.61. The number of nitrogens with one attached hydrogen (secondary N) is 1. The number of ether oxygens (including phenoxy) is 1. The Bertz CT molecular complexity index is 882. The number of aliphatic hydroxyl groups is 1. The van der Waals surface area contributed by atoms with E-state index in [0.717, 1.165) is 69.9 Å². The molecule has 36 heavy (non-hydrogen) atoms. The minimum absolute atomic E-state index is 0.0291. The molecule has 2 aliphatic carbocycles. The molecule has 1 amide bonds. The van der Waals surface area contributed by atoms with Gasteiger partial charge in [-0.2, -0.15) is 0 Å². The van der Waals surface area contributed by atoms with Crippen molar-refractivity contribution in [3.8, 4) is 5.75 Å². The number of nitrogens with zero attached hydrogens (tertiary/aromatic N) is 1. The van der Waals surface area contributed by atoms with Gasteiger partial charge in [0.05, 0.1) is 11.5 Å². The predicted molar refractivity (Wildman–Crippen MR) is 141 cm³/mol. The van der Waals surface area contributed by atoms with Crippen LogP contribution in [0.3, 0.4) is 0 Å². The third-order valence-electron chi connectivity index (χ3n) is 8.74. The highest BCUT2D eigenvalue weighted by Gasteiger charge is 2.46. The van der Waals surface area contributed by atoms with E-state index in [1.807, 2.05) is 40.1 Å². The second kappa shape index (κ2) is 12.4. The van der Waals surface area contributed by atoms with Gasteiger partial charge in [0.1, 0.15) is 5.75 Å². The van der Waals surface area contributed by atoms with Crippen molar-refractivity contribution in [1.29, 1.82) is 0 Å². The molecule has 3 N–H and O–H groups in total. The van der Waals surface area contributed by atoms with Gasteiger partial charge in [0.25, 0.3) is 0 Å². The Hall–Kier alpha value is -2.12. The smallest absolute Gasteiger partial charge is 0.412 e. The number of aliphatic carboxylic acids is 1. The quantitative estimate of drug-likeness (QED) is 0.396. The summed E-state index contributed by atoms with van der Waals surface area (Å²) < 4.78 is 5.65. The van der Waals surface area contributed by atoms with Gasteiger partial charge in [-0.05, 0) is 63.4 Å². The van der Waals surface area contributed by atoms with E-state index in [0.29, 0.717) is 18.7 Å². The number of rotatable bonds is 10. The SMILES string of the molecule is CCC(C)C(C(=O)O)C1(CNC(=O)Oc2cccc([C@]3(O)CCCC[C@@H]3CN(C)C)c2)CCCCC1. The van der Waals surface area contributed by atoms with Gasteiger partial charge in [-0.25, -0.2) is 4.79 Å². The molecule has 2 saturated carbocycles. The monoisotopic (exact) mass is 502 g/mol. The summed E-state index contributed by atoms with van der Waals surface area (Å²) in [6.45, 7) is 5.11. The number of carbonyl (C=O) groups excluding carboxylic acids is 1. The number of carboxylic acid groups (broad SMARTS) is 1. The maximum atomic E-state index is 12.9. The zero-order valence-electron chi connectivity index (χ0n) is 22.6. The molecule has 1 aromatic rings. The Kier molecular flexibility index (Phi) is 9.81. The molecule has 2 fully saturated rings. The summed E-state index contributed by atoms with van der Waals surface area (Å²) in [6.07, 6.45) is 8.58. The zero-order chi connectivity index (χ0) is 26.3. The van der Waals surface area contributed by atoms with Crippen LogP contribution < -0.4 is 10.1 Å². The lowest BCUT2D eigenvalue weighted by Crippen LogP contribution is -2.49. The fraction of sp³-hybridized carbons (Fsp3) is 0.724. The van der Waals surface area contributed by atoms with Gasteiger partial charge >= 0.3 is 12.1 Å². The second-order valence-electron chi connectivity index (χ2n) is 11.5. The maximum Gasteiger partial charge on any atom is 0.412 e. The molecule has 2 aliphatic rings. The van der Waals surface area contributed by atoms with Gasteiger partial charge in [-0.3, -0.25) is 4.79 Å². The maximum absolute atomic E-state index is 12.9. The van der Waals surface area contributed by atoms with Crippen molar-refractivity contribution in [2.75, 3.05) is 27.2 Å². The van der Waals surface area contributed by atoms with Crippen LogP contribution in [0.5, 0.6) is 5.75 Å². The number of carboxylic acids is 1. The predicted octanol–water partition coefficient (Wildman–Crippen LogP) is 5.41. The number of benzene rings is 1. The fourth-order valence-corrected chi connectivity index (χ4v) is 6.71. The molecule has 1 aromatic carbocycles. The van der Waals surface area contributed by atoms with Crippen molar-refractivity contribution in [2.45, 2.75) is 83.7 Å². The van der Waals surface area contributed by atoms with Crippen molar-refractivity contribution in [1.82, 2.24) is 10.2 Å². The van der Waals surface area contributed by atoms with E-state index in [4.69, 9.17) is 4.74 Å². The molecule has 0 radical (unpaired) electrons. The first-order valence-corrected chi connectivity index (χ1v) is 13.8. The third kappa shape index (κ3) is 6.60. The molecule has 0 spiro atoms. The van der Waals surface area contributed by atoms with Crippen molar-refractivity contribution in [3.63, 3.8) is 0 Å². The molecule has 4 atom stereocenters. The number of carbonyl (C=O) groups is 2. The second-order valence-corrected chi connectivity index (χ2v) is 11.5. The van der Waals surface area contributed by atoms with E-state index in [9.17, 15) is 19.8 Å². The fourth-order valence-electron chi connectivity index (χ4n) is 6.71. The molecule has 7 heteroatoms. The Morgan fingerprint density at radius 1 is 1.14 bits per heavy atom. The Morgan fingerprint density at radius 3 is 2.47 bits per heavy atom. The van der Waals surface area contributed by atoms with Crippen LogP contribution in [0.25, 0.3) is 0 Å². The minimum atomic E-state index is -0.949. The summed E-state index contributed by atoms with van der Waals surface area (Å²) >= 11 is 0. The highest BCUT2D eigenvalue weighted by molar-refractivity contribution is 5.73. The highest BCUT2D eigenvalue weighted by atomic mass is 16.6. The van der Waals surface area contributed by atoms with Gasteiger partial charge in [-0.15, -0.1) is 0 Å². The molecule has 202 valence electrons. The molecule has 0 heterocycles. The standard InChI is InChI=1S/C29H46N2O5/c1-5-21(2)25(26(32)33)28(15-8-6-9-16-28)20-30-27(34)36-24-14-11-13-22(18-24)29(35)17-10-7-12-23(29)19-31(3)4/h11,13-14,18,21,23,25,35H,5-10,12,15-17,19-20H2,1-4H3,(H,30,34)(H,32,33)/t21?,23-,25?,29-/m1/s1. The topological polar surface area (TPSA) is 99.1 Å². The molecule has 0 aliphatic heterocycles. The Labute approximate surface area is 216 Å². The largest absolute Gasteiger partial charge is 0.481 e. The van der Waals surface area contributed by atoms with E-state index < -0.39 is 29.0 Å². The molecule has 0 saturated heterocycles. The zero-order valence-corrected chi connectivity index (χ0v) is 22.6. The number of hydrogen-bond donors (Lipinski definition) is 3. The summed E-state index contributed by atoms with van der Waals surface area (Å²) in [5.74, 6) is -0.740. The lowest BCUT2D eigenvalue weighted by molar-refractivity contribution is -0.151. The first-order valence-electron chi connectivity index (χ1n) is 13.8. The Balaban J connectivity index is 1.72. The Morgan fingerprint density at radius 2 is 1.83 bits per heavy atom. The molecule has 3 rings (SSSR count). The normalized spacial score (nSPS) is 25.7. The molecule has 7 nitrogen and oxygen atoms in total. The van der Waals surface area contributed by atoms with Crippen molar-refractivity contribution in [3.05, 3.63) is 29.8 Å². The molecule has 2 unspecified atom stereocenters. The van der Waals surface area contributed by atoms with Gasteiger partial charge in [0, 0.05) is 24.4 Å². The summed E-state index contributed by atoms with van der Waals surface area (Å²) in [5.41, 5.74) is -0.627. The lowest BCUT2D eigenvalue weighted by Gasteiger charge is -2.44. The molecular weight excluding hydrogens is 456 g/mol. The van der Waals surface area contributed by atoms with E-state index in [2.05, 4.69) is 10.2 Å². The molecule has 0 aromatic heterocycles. The first kappa shape index (κ1) is 28.5. The number of hydrogen-bond acceptors (Lipinski definition) is 5. The van der Waals surface area contributed by atoms with Crippen LogP contribution in [0.15, 0.2) is 24.3 Å². The van der Waals surface area contributed by atoms with E-state index >= 15 is 0 Å².